The van der Waals surface area contributed by atoms with Crippen LogP contribution < -0.4 is 10.6 Å². The van der Waals surface area contributed by atoms with Crippen LogP contribution in [0, 0.1) is 0 Å². The van der Waals surface area contributed by atoms with E-state index in [1.807, 2.05) is 6.92 Å². The lowest BCUT2D eigenvalue weighted by molar-refractivity contribution is -0.145. The van der Waals surface area contributed by atoms with Gasteiger partial charge in [-0.05, 0) is 13.3 Å². The van der Waals surface area contributed by atoms with Crippen molar-refractivity contribution in [1.82, 2.24) is 10.6 Å². The Kier molecular flexibility index (Phi) is 8.29. The first-order valence-corrected chi connectivity index (χ1v) is 5.54. The molecule has 104 valence electrons. The maximum absolute atomic E-state index is 11.3. The molecule has 0 unspecified atom stereocenters. The van der Waals surface area contributed by atoms with Gasteiger partial charge in [-0.2, -0.15) is 0 Å². The Balaban J connectivity index is 3.88. The number of carbonyl (C=O) groups excluding carboxylic acids is 1. The molecule has 0 aliphatic carbocycles. The van der Waals surface area contributed by atoms with Gasteiger partial charge in [0.25, 0.3) is 0 Å². The Hall–Kier alpha value is -1.83. The summed E-state index contributed by atoms with van der Waals surface area (Å²) in [5, 5.41) is 21.6. The third-order valence-corrected chi connectivity index (χ3v) is 1.94. The summed E-state index contributed by atoms with van der Waals surface area (Å²) in [6.45, 7) is 3.26. The van der Waals surface area contributed by atoms with Crippen molar-refractivity contribution < 1.29 is 29.3 Å². The van der Waals surface area contributed by atoms with E-state index >= 15 is 0 Å². The van der Waals surface area contributed by atoms with E-state index in [4.69, 9.17) is 14.9 Å². The van der Waals surface area contributed by atoms with E-state index < -0.39 is 30.4 Å². The molecular formula is C10H18N2O6. The zero-order chi connectivity index (χ0) is 14.0. The van der Waals surface area contributed by atoms with Crippen LogP contribution in [0.1, 0.15) is 19.8 Å². The Morgan fingerprint density at radius 1 is 1.28 bits per heavy atom. The average molecular weight is 262 g/mol. The molecule has 0 saturated heterocycles. The highest BCUT2D eigenvalue weighted by molar-refractivity contribution is 5.86. The molecule has 4 N–H and O–H groups in total. The minimum absolute atomic E-state index is 0.325. The molecular weight excluding hydrogens is 244 g/mol. The van der Waals surface area contributed by atoms with Crippen LogP contribution >= 0.6 is 0 Å². The van der Waals surface area contributed by atoms with Gasteiger partial charge in [-0.1, -0.05) is 0 Å². The van der Waals surface area contributed by atoms with Gasteiger partial charge < -0.3 is 25.6 Å². The molecule has 1 atom stereocenters. The van der Waals surface area contributed by atoms with Crippen molar-refractivity contribution in [1.29, 1.82) is 0 Å². The Morgan fingerprint density at radius 2 is 1.94 bits per heavy atom. The van der Waals surface area contributed by atoms with Crippen LogP contribution in [0.4, 0.5) is 4.79 Å². The number of carboxylic acids is 2. The monoisotopic (exact) mass is 262 g/mol. The van der Waals surface area contributed by atoms with E-state index in [1.54, 1.807) is 0 Å². The Labute approximate surface area is 104 Å². The van der Waals surface area contributed by atoms with E-state index in [1.165, 1.54) is 0 Å². The zero-order valence-corrected chi connectivity index (χ0v) is 10.1. The van der Waals surface area contributed by atoms with Crippen LogP contribution in [0.3, 0.4) is 0 Å². The van der Waals surface area contributed by atoms with Gasteiger partial charge in [-0.3, -0.25) is 4.79 Å². The predicted octanol–water partition coefficient (Wildman–Crippen LogP) is -0.360. The fourth-order valence-electron chi connectivity index (χ4n) is 1.10. The summed E-state index contributed by atoms with van der Waals surface area (Å²) in [7, 11) is 0. The number of carbonyl (C=O) groups is 3. The SMILES string of the molecule is CCOCCCNC(=O)N[C@@H](CC(=O)O)C(=O)O. The second-order valence-corrected chi connectivity index (χ2v) is 3.44. The first-order chi connectivity index (χ1) is 8.47. The van der Waals surface area contributed by atoms with Gasteiger partial charge in [0.05, 0.1) is 6.42 Å². The van der Waals surface area contributed by atoms with Crippen LogP contribution in [0.15, 0.2) is 0 Å². The number of amides is 2. The van der Waals surface area contributed by atoms with Crippen LogP contribution in [0.2, 0.25) is 0 Å². The van der Waals surface area contributed by atoms with Crippen molar-refractivity contribution in [2.24, 2.45) is 0 Å². The molecule has 0 aromatic heterocycles. The van der Waals surface area contributed by atoms with Crippen LogP contribution in [0.25, 0.3) is 0 Å². The van der Waals surface area contributed by atoms with Gasteiger partial charge in [-0.15, -0.1) is 0 Å². The molecule has 0 aromatic rings. The molecule has 0 heterocycles. The average Bonchev–Trinajstić information content (AvgIpc) is 2.27. The summed E-state index contributed by atoms with van der Waals surface area (Å²) < 4.78 is 5.04. The van der Waals surface area contributed by atoms with Gasteiger partial charge in [0.1, 0.15) is 6.04 Å². The lowest BCUT2D eigenvalue weighted by atomic mass is 10.2. The first kappa shape index (κ1) is 16.2. The number of rotatable bonds is 9. The first-order valence-electron chi connectivity index (χ1n) is 5.54. The summed E-state index contributed by atoms with van der Waals surface area (Å²) in [5.41, 5.74) is 0. The molecule has 0 aliphatic heterocycles. The van der Waals surface area contributed by atoms with Gasteiger partial charge >= 0.3 is 18.0 Å². The second-order valence-electron chi connectivity index (χ2n) is 3.44. The van der Waals surface area contributed by atoms with E-state index in [2.05, 4.69) is 10.6 Å². The molecule has 8 nitrogen and oxygen atoms in total. The maximum Gasteiger partial charge on any atom is 0.326 e. The molecule has 0 spiro atoms. The van der Waals surface area contributed by atoms with Crippen LogP contribution in [-0.2, 0) is 14.3 Å². The highest BCUT2D eigenvalue weighted by Gasteiger charge is 2.22. The van der Waals surface area contributed by atoms with Gasteiger partial charge in [-0.25, -0.2) is 9.59 Å². The molecule has 2 amide bonds. The molecule has 0 aliphatic rings. The number of urea groups is 1. The van der Waals surface area contributed by atoms with Crippen molar-refractivity contribution in [3.63, 3.8) is 0 Å². The Bertz CT molecular complexity index is 294. The number of ether oxygens (including phenoxy) is 1. The quantitative estimate of drug-likeness (QED) is 0.420. The molecule has 0 saturated carbocycles. The lowest BCUT2D eigenvalue weighted by Gasteiger charge is -2.13. The smallest absolute Gasteiger partial charge is 0.326 e. The number of hydrogen-bond donors (Lipinski definition) is 4. The standard InChI is InChI=1S/C10H18N2O6/c1-2-18-5-3-4-11-10(17)12-7(9(15)16)6-8(13)14/h7H,2-6H2,1H3,(H,13,14)(H,15,16)(H2,11,12,17)/t7-/m0/s1. The molecule has 0 bridgehead atoms. The van der Waals surface area contributed by atoms with E-state index in [-0.39, 0.29) is 0 Å². The van der Waals surface area contributed by atoms with Crippen molar-refractivity contribution >= 4 is 18.0 Å². The fraction of sp³-hybridized carbons (Fsp3) is 0.700. The topological polar surface area (TPSA) is 125 Å². The normalized spacial score (nSPS) is 11.6. The highest BCUT2D eigenvalue weighted by atomic mass is 16.5. The minimum Gasteiger partial charge on any atom is -0.481 e. The van der Waals surface area contributed by atoms with Crippen molar-refractivity contribution in [3.8, 4) is 0 Å². The summed E-state index contributed by atoms with van der Waals surface area (Å²) in [6, 6.07) is -2.14. The third-order valence-electron chi connectivity index (χ3n) is 1.94. The number of nitrogens with one attached hydrogen (secondary N) is 2. The maximum atomic E-state index is 11.3. The van der Waals surface area contributed by atoms with Crippen LogP contribution in [-0.4, -0.2) is 54.0 Å². The van der Waals surface area contributed by atoms with Crippen molar-refractivity contribution in [2.45, 2.75) is 25.8 Å². The van der Waals surface area contributed by atoms with Gasteiger partial charge in [0.2, 0.25) is 0 Å². The molecule has 8 heteroatoms. The van der Waals surface area contributed by atoms with Crippen molar-refractivity contribution in [3.05, 3.63) is 0 Å². The summed E-state index contributed by atoms with van der Waals surface area (Å²) in [5.74, 6) is -2.68. The Morgan fingerprint density at radius 3 is 2.44 bits per heavy atom. The van der Waals surface area contributed by atoms with Crippen LogP contribution in [0.5, 0.6) is 0 Å². The number of hydrogen-bond acceptors (Lipinski definition) is 4. The van der Waals surface area contributed by atoms with E-state index in [0.29, 0.717) is 26.2 Å². The fourth-order valence-corrected chi connectivity index (χ4v) is 1.10. The highest BCUT2D eigenvalue weighted by Crippen LogP contribution is 1.92. The molecule has 0 rings (SSSR count). The minimum atomic E-state index is -1.44. The molecule has 18 heavy (non-hydrogen) atoms. The molecule has 0 fully saturated rings. The number of aliphatic carboxylic acids is 2. The van der Waals surface area contributed by atoms with Gasteiger partial charge in [0, 0.05) is 19.8 Å². The summed E-state index contributed by atoms with van der Waals surface area (Å²) in [6.07, 6.45) is -0.0698. The zero-order valence-electron chi connectivity index (χ0n) is 10.1. The summed E-state index contributed by atoms with van der Waals surface area (Å²) in [4.78, 5) is 32.3. The van der Waals surface area contributed by atoms with E-state index in [0.717, 1.165) is 0 Å². The molecule has 0 aromatic carbocycles. The van der Waals surface area contributed by atoms with E-state index in [9.17, 15) is 14.4 Å². The summed E-state index contributed by atoms with van der Waals surface area (Å²) >= 11 is 0. The lowest BCUT2D eigenvalue weighted by Crippen LogP contribution is -2.47. The largest absolute Gasteiger partial charge is 0.481 e. The third kappa shape index (κ3) is 8.34. The predicted molar refractivity (Wildman–Crippen MR) is 61.3 cm³/mol. The van der Waals surface area contributed by atoms with Gasteiger partial charge in [0.15, 0.2) is 0 Å². The second kappa shape index (κ2) is 9.23. The number of carboxylic acid groups (broad SMARTS) is 2. The molecule has 0 radical (unpaired) electrons. The van der Waals surface area contributed by atoms with Crippen molar-refractivity contribution in [2.75, 3.05) is 19.8 Å².